The molecule has 10 heteroatoms. The molecule has 3 N–H and O–H groups in total. The van der Waals surface area contributed by atoms with Crippen molar-refractivity contribution < 1.29 is 18.1 Å². The summed E-state index contributed by atoms with van der Waals surface area (Å²) in [4.78, 5) is 10.1. The summed E-state index contributed by atoms with van der Waals surface area (Å²) in [5.41, 5.74) is 4.81. The first kappa shape index (κ1) is 19.4. The van der Waals surface area contributed by atoms with Crippen molar-refractivity contribution in [2.24, 2.45) is 0 Å². The third-order valence-corrected chi connectivity index (χ3v) is 3.63. The Bertz CT molecular complexity index is 827. The van der Waals surface area contributed by atoms with Gasteiger partial charge in [0.1, 0.15) is 5.69 Å². The average molecular weight is 384 g/mol. The maximum Gasteiger partial charge on any atom is 0.416 e. The molecule has 0 atom stereocenters. The highest BCUT2D eigenvalue weighted by atomic mass is 32.1. The number of thiocarbonyl (C=S) groups is 1. The Morgan fingerprint density at radius 1 is 1.23 bits per heavy atom. The fourth-order valence-corrected chi connectivity index (χ4v) is 2.29. The Labute approximate surface area is 152 Å². The van der Waals surface area contributed by atoms with E-state index >= 15 is 0 Å². The monoisotopic (exact) mass is 384 g/mol. The second kappa shape index (κ2) is 8.00. The number of hydrogen-bond donors (Lipinski definition) is 3. The SMILES string of the molecule is CCc1cccc(NC(=S)NNc2ccc(C(F)(F)F)cc2[N+](=O)[O-])c1. The summed E-state index contributed by atoms with van der Waals surface area (Å²) in [6.45, 7) is 2.00. The third-order valence-electron chi connectivity index (χ3n) is 3.43. The number of alkyl halides is 3. The van der Waals surface area contributed by atoms with Crippen LogP contribution in [-0.4, -0.2) is 10.0 Å². The van der Waals surface area contributed by atoms with Crippen LogP contribution in [0.4, 0.5) is 30.2 Å². The molecule has 0 aliphatic carbocycles. The smallest absolute Gasteiger partial charge is 0.331 e. The predicted octanol–water partition coefficient (Wildman–Crippen LogP) is 4.49. The van der Waals surface area contributed by atoms with E-state index in [-0.39, 0.29) is 10.8 Å². The van der Waals surface area contributed by atoms with E-state index in [1.54, 1.807) is 6.07 Å². The number of rotatable bonds is 5. The number of aryl methyl sites for hydroxylation is 1. The topological polar surface area (TPSA) is 79.2 Å². The molecule has 0 heterocycles. The normalized spacial score (nSPS) is 10.9. The Hall–Kier alpha value is -2.88. The minimum absolute atomic E-state index is 0.104. The molecule has 2 rings (SSSR count). The van der Waals surface area contributed by atoms with Crippen molar-refractivity contribution in [2.75, 3.05) is 10.7 Å². The van der Waals surface area contributed by atoms with Crippen LogP contribution in [0.1, 0.15) is 18.1 Å². The number of hydrogen-bond acceptors (Lipinski definition) is 4. The highest BCUT2D eigenvalue weighted by Gasteiger charge is 2.33. The lowest BCUT2D eigenvalue weighted by molar-refractivity contribution is -0.384. The van der Waals surface area contributed by atoms with Gasteiger partial charge >= 0.3 is 6.18 Å². The van der Waals surface area contributed by atoms with Crippen molar-refractivity contribution in [1.82, 2.24) is 5.43 Å². The van der Waals surface area contributed by atoms with Gasteiger partial charge in [-0.25, -0.2) is 0 Å². The number of nitrogens with one attached hydrogen (secondary N) is 3. The lowest BCUT2D eigenvalue weighted by atomic mass is 10.1. The van der Waals surface area contributed by atoms with E-state index in [9.17, 15) is 23.3 Å². The van der Waals surface area contributed by atoms with Crippen molar-refractivity contribution in [3.63, 3.8) is 0 Å². The summed E-state index contributed by atoms with van der Waals surface area (Å²) in [5, 5.41) is 14.0. The molecule has 0 saturated heterocycles. The minimum atomic E-state index is -4.67. The van der Waals surface area contributed by atoms with Crippen molar-refractivity contribution >= 4 is 34.4 Å². The van der Waals surface area contributed by atoms with Crippen molar-refractivity contribution in [3.8, 4) is 0 Å². The summed E-state index contributed by atoms with van der Waals surface area (Å²) in [7, 11) is 0. The molecule has 26 heavy (non-hydrogen) atoms. The largest absolute Gasteiger partial charge is 0.416 e. The van der Waals surface area contributed by atoms with Gasteiger partial charge in [-0.2, -0.15) is 13.2 Å². The number of nitrogens with zero attached hydrogens (tertiary/aromatic N) is 1. The molecule has 6 nitrogen and oxygen atoms in total. The zero-order chi connectivity index (χ0) is 19.3. The molecule has 2 aromatic carbocycles. The summed E-state index contributed by atoms with van der Waals surface area (Å²) in [5.74, 6) is 0. The minimum Gasteiger partial charge on any atom is -0.331 e. The van der Waals surface area contributed by atoms with Crippen LogP contribution in [0.25, 0.3) is 0 Å². The molecule has 0 aromatic heterocycles. The fourth-order valence-electron chi connectivity index (χ4n) is 2.12. The van der Waals surface area contributed by atoms with Crippen molar-refractivity contribution in [1.29, 1.82) is 0 Å². The molecule has 0 radical (unpaired) electrons. The summed E-state index contributed by atoms with van der Waals surface area (Å²) >= 11 is 5.07. The van der Waals surface area contributed by atoms with E-state index in [1.807, 2.05) is 25.1 Å². The van der Waals surface area contributed by atoms with E-state index in [0.29, 0.717) is 11.8 Å². The van der Waals surface area contributed by atoms with Gasteiger partial charge in [0.05, 0.1) is 10.5 Å². The van der Waals surface area contributed by atoms with Crippen LogP contribution in [0.15, 0.2) is 42.5 Å². The molecule has 0 amide bonds. The first-order valence-electron chi connectivity index (χ1n) is 7.48. The number of benzene rings is 2. The molecule has 2 aromatic rings. The fraction of sp³-hybridized carbons (Fsp3) is 0.188. The number of hydrazine groups is 1. The summed E-state index contributed by atoms with van der Waals surface area (Å²) in [6.07, 6.45) is -3.83. The average Bonchev–Trinajstić information content (AvgIpc) is 2.59. The Morgan fingerprint density at radius 2 is 1.96 bits per heavy atom. The molecule has 0 aliphatic heterocycles. The molecule has 0 saturated carbocycles. The highest BCUT2D eigenvalue weighted by molar-refractivity contribution is 7.80. The van der Waals surface area contributed by atoms with Crippen LogP contribution in [0, 0.1) is 10.1 Å². The number of nitro benzene ring substituents is 1. The van der Waals surface area contributed by atoms with Gasteiger partial charge in [-0.1, -0.05) is 19.1 Å². The lowest BCUT2D eigenvalue weighted by Crippen LogP contribution is -2.33. The number of anilines is 2. The van der Waals surface area contributed by atoms with E-state index in [0.717, 1.165) is 24.1 Å². The van der Waals surface area contributed by atoms with Gasteiger partial charge in [-0.15, -0.1) is 0 Å². The highest BCUT2D eigenvalue weighted by Crippen LogP contribution is 2.34. The molecule has 0 fully saturated rings. The van der Waals surface area contributed by atoms with E-state index in [4.69, 9.17) is 12.2 Å². The number of nitro groups is 1. The van der Waals surface area contributed by atoms with Crippen molar-refractivity contribution in [2.45, 2.75) is 19.5 Å². The van der Waals surface area contributed by atoms with Gasteiger partial charge in [0.15, 0.2) is 5.11 Å². The second-order valence-corrected chi connectivity index (χ2v) is 5.65. The molecule has 0 unspecified atom stereocenters. The predicted molar refractivity (Wildman–Crippen MR) is 96.9 cm³/mol. The first-order chi connectivity index (χ1) is 12.2. The van der Waals surface area contributed by atoms with Gasteiger partial charge < -0.3 is 5.32 Å². The van der Waals surface area contributed by atoms with Crippen LogP contribution in [0.3, 0.4) is 0 Å². The Morgan fingerprint density at radius 3 is 2.58 bits per heavy atom. The lowest BCUT2D eigenvalue weighted by Gasteiger charge is -2.14. The van der Waals surface area contributed by atoms with Gasteiger partial charge in [0, 0.05) is 11.8 Å². The molecule has 0 bridgehead atoms. The van der Waals surface area contributed by atoms with E-state index in [1.165, 1.54) is 0 Å². The quantitative estimate of drug-likeness (QED) is 0.400. The van der Waals surface area contributed by atoms with Crippen LogP contribution in [0.2, 0.25) is 0 Å². The van der Waals surface area contributed by atoms with Gasteiger partial charge in [0.25, 0.3) is 5.69 Å². The second-order valence-electron chi connectivity index (χ2n) is 5.24. The van der Waals surface area contributed by atoms with Gasteiger partial charge in [-0.05, 0) is 48.5 Å². The molecular weight excluding hydrogens is 369 g/mol. The van der Waals surface area contributed by atoms with Crippen LogP contribution < -0.4 is 16.2 Å². The van der Waals surface area contributed by atoms with Crippen molar-refractivity contribution in [3.05, 3.63) is 63.7 Å². The molecule has 138 valence electrons. The third kappa shape index (κ3) is 5.06. The van der Waals surface area contributed by atoms with E-state index < -0.39 is 22.4 Å². The molecule has 0 spiro atoms. The maximum absolute atomic E-state index is 12.7. The Kier molecular flexibility index (Phi) is 5.98. The first-order valence-corrected chi connectivity index (χ1v) is 7.89. The standard InChI is InChI=1S/C16H15F3N4O2S/c1-2-10-4-3-5-12(8-10)20-15(26)22-21-13-7-6-11(16(17,18)19)9-14(13)23(24)25/h3-9,21H,2H2,1H3,(H2,20,22,26). The van der Waals surface area contributed by atoms with Crippen LogP contribution >= 0.6 is 12.2 Å². The zero-order valence-electron chi connectivity index (χ0n) is 13.6. The molecular formula is C16H15F3N4O2S. The summed E-state index contributed by atoms with van der Waals surface area (Å²) in [6, 6.07) is 9.64. The summed E-state index contributed by atoms with van der Waals surface area (Å²) < 4.78 is 38.1. The zero-order valence-corrected chi connectivity index (χ0v) is 14.4. The Balaban J connectivity index is 2.08. The van der Waals surface area contributed by atoms with Crippen LogP contribution in [-0.2, 0) is 12.6 Å². The van der Waals surface area contributed by atoms with Gasteiger partial charge in [0.2, 0.25) is 0 Å². The number of halogens is 3. The molecule has 0 aliphatic rings. The van der Waals surface area contributed by atoms with Crippen LogP contribution in [0.5, 0.6) is 0 Å². The van der Waals surface area contributed by atoms with Gasteiger partial charge in [-0.3, -0.25) is 21.0 Å². The van der Waals surface area contributed by atoms with E-state index in [2.05, 4.69) is 16.2 Å². The maximum atomic E-state index is 12.7.